The topological polar surface area (TPSA) is 9.86 Å². The number of para-hydroxylation sites is 4. The summed E-state index contributed by atoms with van der Waals surface area (Å²) in [6, 6.07) is 53.9. The van der Waals surface area contributed by atoms with Crippen molar-refractivity contribution in [3.05, 3.63) is 168 Å². The van der Waals surface area contributed by atoms with Gasteiger partial charge in [-0.1, -0.05) is 0 Å². The van der Waals surface area contributed by atoms with E-state index in [4.69, 9.17) is 0 Å². The number of nitrogens with zero attached hydrogens (tertiary/aromatic N) is 2. The summed E-state index contributed by atoms with van der Waals surface area (Å²) >= 11 is -0.654. The number of fused-ring (bicyclic) bond motifs is 8. The van der Waals surface area contributed by atoms with Gasteiger partial charge in [-0.15, -0.1) is 0 Å². The molecular weight excluding hydrogens is 651 g/mol. The third-order valence-electron chi connectivity index (χ3n) is 9.82. The minimum Gasteiger partial charge on any atom is -1.00 e. The summed E-state index contributed by atoms with van der Waals surface area (Å²) in [6.07, 6.45) is 4.96. The summed E-state index contributed by atoms with van der Waals surface area (Å²) in [4.78, 5) is 0. The van der Waals surface area contributed by atoms with Crippen molar-refractivity contribution in [2.75, 3.05) is 0 Å². The molecule has 0 N–H and O–H groups in total. The molecule has 224 valence electrons. The van der Waals surface area contributed by atoms with Crippen molar-refractivity contribution in [3.8, 4) is 0 Å². The van der Waals surface area contributed by atoms with Crippen LogP contribution in [0, 0.1) is 0 Å². The minimum absolute atomic E-state index is 0. The molecule has 2 aromatic heterocycles. The fourth-order valence-corrected chi connectivity index (χ4v) is 11.0. The van der Waals surface area contributed by atoms with Crippen LogP contribution in [0.2, 0.25) is 0 Å². The van der Waals surface area contributed by atoms with Crippen molar-refractivity contribution in [2.45, 2.75) is 8.45 Å². The molecule has 0 fully saturated rings. The number of rotatable bonds is 4. The molecule has 0 aliphatic heterocycles. The van der Waals surface area contributed by atoms with Gasteiger partial charge in [0.15, 0.2) is 0 Å². The Kier molecular flexibility index (Phi) is 7.51. The third-order valence-corrected chi connectivity index (χ3v) is 12.8. The van der Waals surface area contributed by atoms with Crippen LogP contribution in [0.5, 0.6) is 0 Å². The fraction of sp³-hybridized carbons (Fsp3) is 0.0476. The molecule has 2 unspecified atom stereocenters. The molecule has 5 heteroatoms. The molecule has 2 atom stereocenters. The van der Waals surface area contributed by atoms with Crippen LogP contribution < -0.4 is 24.8 Å². The van der Waals surface area contributed by atoms with Crippen LogP contribution >= 0.6 is 0 Å². The Labute approximate surface area is 294 Å². The second kappa shape index (κ2) is 11.7. The van der Waals surface area contributed by atoms with E-state index in [2.05, 4.69) is 167 Å². The van der Waals surface area contributed by atoms with Crippen molar-refractivity contribution < 1.29 is 44.0 Å². The summed E-state index contributed by atoms with van der Waals surface area (Å²) in [6.45, 7) is 0. The van der Waals surface area contributed by atoms with Crippen molar-refractivity contribution in [3.63, 3.8) is 0 Å². The zero-order valence-corrected chi connectivity index (χ0v) is 28.4. The van der Waals surface area contributed by atoms with Crippen LogP contribution in [-0.2, 0) is 19.2 Å². The molecular formula is C42H28Cl2N2Ti. The number of hydrogen-bond donors (Lipinski definition) is 0. The summed E-state index contributed by atoms with van der Waals surface area (Å²) in [5.41, 5.74) is 13.7. The van der Waals surface area contributed by atoms with Crippen molar-refractivity contribution in [1.29, 1.82) is 0 Å². The number of benzene rings is 6. The van der Waals surface area contributed by atoms with Crippen LogP contribution in [0.3, 0.4) is 0 Å². The Bertz CT molecular complexity index is 2270. The first-order chi connectivity index (χ1) is 22.3. The van der Waals surface area contributed by atoms with Gasteiger partial charge in [-0.05, 0) is 0 Å². The van der Waals surface area contributed by atoms with Gasteiger partial charge in [-0.3, -0.25) is 0 Å². The first-order valence-electron chi connectivity index (χ1n) is 15.7. The van der Waals surface area contributed by atoms with Gasteiger partial charge < -0.3 is 24.8 Å². The molecule has 10 rings (SSSR count). The minimum atomic E-state index is -0.654. The van der Waals surface area contributed by atoms with Gasteiger partial charge in [-0.2, -0.15) is 0 Å². The molecule has 2 nitrogen and oxygen atoms in total. The van der Waals surface area contributed by atoms with Crippen LogP contribution in [0.15, 0.2) is 146 Å². The zero-order valence-electron chi connectivity index (χ0n) is 25.3. The molecule has 0 bridgehead atoms. The third kappa shape index (κ3) is 4.44. The van der Waals surface area contributed by atoms with Crippen LogP contribution in [-0.4, -0.2) is 9.13 Å². The molecule has 2 aliphatic carbocycles. The van der Waals surface area contributed by atoms with E-state index >= 15 is 0 Å². The van der Waals surface area contributed by atoms with Gasteiger partial charge in [0.1, 0.15) is 0 Å². The molecule has 2 aliphatic rings. The Morgan fingerprint density at radius 1 is 0.362 bits per heavy atom. The molecule has 8 aromatic rings. The fourth-order valence-electron chi connectivity index (χ4n) is 7.92. The average molecular weight is 679 g/mol. The number of hydrogen-bond acceptors (Lipinski definition) is 0. The van der Waals surface area contributed by atoms with Crippen LogP contribution in [0.25, 0.3) is 67.2 Å². The summed E-state index contributed by atoms with van der Waals surface area (Å²) in [5, 5.41) is 5.28. The van der Waals surface area contributed by atoms with Gasteiger partial charge in [0, 0.05) is 0 Å². The quantitative estimate of drug-likeness (QED) is 0.237. The predicted molar refractivity (Wildman–Crippen MR) is 186 cm³/mol. The van der Waals surface area contributed by atoms with Gasteiger partial charge in [0.05, 0.1) is 0 Å². The number of halogens is 2. The predicted octanol–water partition coefficient (Wildman–Crippen LogP) is 4.80. The van der Waals surface area contributed by atoms with Crippen LogP contribution in [0.1, 0.15) is 30.7 Å². The van der Waals surface area contributed by atoms with Gasteiger partial charge >= 0.3 is 272 Å². The van der Waals surface area contributed by atoms with E-state index in [1.165, 1.54) is 77.3 Å². The van der Waals surface area contributed by atoms with E-state index in [-0.39, 0.29) is 24.8 Å². The largest absolute Gasteiger partial charge is 1.00 e. The maximum atomic E-state index is 2.57. The van der Waals surface area contributed by atoms with E-state index in [1.54, 1.807) is 0 Å². The van der Waals surface area contributed by atoms with E-state index < -0.39 is 19.2 Å². The molecule has 0 saturated carbocycles. The molecule has 0 radical (unpaired) electrons. The number of aromatic nitrogens is 2. The second-order valence-electron chi connectivity index (χ2n) is 12.2. The summed E-state index contributed by atoms with van der Waals surface area (Å²) < 4.78 is 5.86. The summed E-state index contributed by atoms with van der Waals surface area (Å²) in [5.74, 6) is 0. The normalized spacial score (nSPS) is 16.3. The van der Waals surface area contributed by atoms with Gasteiger partial charge in [-0.25, -0.2) is 0 Å². The number of allylic oxidation sites excluding steroid dienone is 2. The monoisotopic (exact) mass is 678 g/mol. The maximum absolute atomic E-state index is 2.57. The smallest absolute Gasteiger partial charge is 1.00 e. The Morgan fingerprint density at radius 3 is 1.02 bits per heavy atom. The molecule has 6 aromatic carbocycles. The standard InChI is InChI=1S/2C21H14N.2ClH.Ti/c2*1-2-8-16-14-17(13-15(16)7-1)22-20-11-5-3-9-18(20)19-10-4-6-12-21(19)22;;;/h2*1-14H;2*1H;/q;;;;+2/p-2. The second-order valence-corrected chi connectivity index (χ2v) is 14.5. The van der Waals surface area contributed by atoms with Crippen molar-refractivity contribution >= 4 is 67.2 Å². The molecule has 47 heavy (non-hydrogen) atoms. The van der Waals surface area contributed by atoms with E-state index in [0.717, 1.165) is 0 Å². The maximum Gasteiger partial charge on any atom is -1.00 e. The Hall–Kier alpha value is -4.31. The van der Waals surface area contributed by atoms with Crippen molar-refractivity contribution in [2.24, 2.45) is 0 Å². The Balaban J connectivity index is 0.00000162. The SMILES string of the molecule is C1=C(n2c3ccccc3c3ccccc32)[CH]([Ti+2][CH]2C(n3c4ccccc4c4ccccc43)=Cc3ccccc32)c2ccccc21.[Cl-].[Cl-]. The Morgan fingerprint density at radius 2 is 0.660 bits per heavy atom. The van der Waals surface area contributed by atoms with Crippen molar-refractivity contribution in [1.82, 2.24) is 9.13 Å². The first-order valence-corrected chi connectivity index (χ1v) is 17.5. The average Bonchev–Trinajstić information content (AvgIpc) is 3.83. The van der Waals surface area contributed by atoms with E-state index in [1.807, 2.05) is 0 Å². The first kappa shape index (κ1) is 30.1. The summed E-state index contributed by atoms with van der Waals surface area (Å²) in [7, 11) is 0. The van der Waals surface area contributed by atoms with Gasteiger partial charge in [0.25, 0.3) is 0 Å². The zero-order chi connectivity index (χ0) is 29.5. The molecule has 0 spiro atoms. The van der Waals surface area contributed by atoms with Crippen LogP contribution in [0.4, 0.5) is 0 Å². The molecule has 0 amide bonds. The molecule has 0 saturated heterocycles. The van der Waals surface area contributed by atoms with Gasteiger partial charge in [0.2, 0.25) is 0 Å². The molecule has 2 heterocycles. The van der Waals surface area contributed by atoms with E-state index in [9.17, 15) is 0 Å². The van der Waals surface area contributed by atoms with E-state index in [0.29, 0.717) is 8.45 Å².